The van der Waals surface area contributed by atoms with Crippen LogP contribution in [0.4, 0.5) is 5.69 Å². The van der Waals surface area contributed by atoms with Crippen LogP contribution in [0.5, 0.6) is 5.75 Å². The number of hydrogen-bond donors (Lipinski definition) is 2. The molecule has 10 heteroatoms. The van der Waals surface area contributed by atoms with Gasteiger partial charge in [0.15, 0.2) is 0 Å². The second kappa shape index (κ2) is 8.98. The third-order valence-corrected chi connectivity index (χ3v) is 5.25. The fourth-order valence-corrected chi connectivity index (χ4v) is 3.46. The number of hydrazone groups is 1. The SMILES string of the molecule is O=C(N/N=C\c1c(O)ccc2ccccc12)c1nn(Cc2ccc(Br)cc2)cc1[N+](=O)[O-]. The largest absolute Gasteiger partial charge is 0.507 e. The van der Waals surface area contributed by atoms with Crippen molar-refractivity contribution in [2.24, 2.45) is 5.10 Å². The topological polar surface area (TPSA) is 123 Å². The number of fused-ring (bicyclic) bond motifs is 1. The van der Waals surface area contributed by atoms with Gasteiger partial charge in [-0.3, -0.25) is 19.6 Å². The average molecular weight is 494 g/mol. The van der Waals surface area contributed by atoms with Gasteiger partial charge in [0.2, 0.25) is 5.69 Å². The van der Waals surface area contributed by atoms with Gasteiger partial charge < -0.3 is 5.11 Å². The van der Waals surface area contributed by atoms with Crippen molar-refractivity contribution in [3.05, 3.63) is 98.3 Å². The molecular formula is C22H16BrN5O4. The maximum absolute atomic E-state index is 12.5. The molecule has 0 spiro atoms. The molecule has 0 unspecified atom stereocenters. The van der Waals surface area contributed by atoms with Gasteiger partial charge in [0.1, 0.15) is 11.9 Å². The van der Waals surface area contributed by atoms with Gasteiger partial charge in [0.05, 0.1) is 17.7 Å². The van der Waals surface area contributed by atoms with E-state index in [1.807, 2.05) is 48.5 Å². The number of phenols is 1. The molecule has 0 aliphatic rings. The predicted molar refractivity (Wildman–Crippen MR) is 123 cm³/mol. The molecule has 0 aliphatic heterocycles. The molecule has 9 nitrogen and oxygen atoms in total. The van der Waals surface area contributed by atoms with Gasteiger partial charge in [-0.25, -0.2) is 5.43 Å². The summed E-state index contributed by atoms with van der Waals surface area (Å²) in [4.78, 5) is 23.3. The van der Waals surface area contributed by atoms with Gasteiger partial charge >= 0.3 is 5.69 Å². The summed E-state index contributed by atoms with van der Waals surface area (Å²) in [7, 11) is 0. The molecule has 0 radical (unpaired) electrons. The van der Waals surface area contributed by atoms with Crippen molar-refractivity contribution >= 4 is 44.5 Å². The fourth-order valence-electron chi connectivity index (χ4n) is 3.19. The summed E-state index contributed by atoms with van der Waals surface area (Å²) in [5, 5.41) is 31.1. The number of aromatic nitrogens is 2. The van der Waals surface area contributed by atoms with Gasteiger partial charge in [-0.15, -0.1) is 0 Å². The smallest absolute Gasteiger partial charge is 0.320 e. The van der Waals surface area contributed by atoms with Crippen molar-refractivity contribution in [2.45, 2.75) is 6.54 Å². The summed E-state index contributed by atoms with van der Waals surface area (Å²) in [6, 6.07) is 18.1. The molecule has 0 aliphatic carbocycles. The lowest BCUT2D eigenvalue weighted by atomic mass is 10.0. The molecule has 1 heterocycles. The number of benzene rings is 3. The third kappa shape index (κ3) is 4.49. The highest BCUT2D eigenvalue weighted by Gasteiger charge is 2.25. The Morgan fingerprint density at radius 1 is 1.19 bits per heavy atom. The Balaban J connectivity index is 1.55. The highest BCUT2D eigenvalue weighted by atomic mass is 79.9. The number of halogens is 1. The summed E-state index contributed by atoms with van der Waals surface area (Å²) >= 11 is 3.35. The van der Waals surface area contributed by atoms with Crippen LogP contribution >= 0.6 is 15.9 Å². The van der Waals surface area contributed by atoms with E-state index in [-0.39, 0.29) is 18.0 Å². The van der Waals surface area contributed by atoms with Crippen LogP contribution < -0.4 is 5.43 Å². The van der Waals surface area contributed by atoms with E-state index >= 15 is 0 Å². The van der Waals surface area contributed by atoms with E-state index in [4.69, 9.17) is 0 Å². The van der Waals surface area contributed by atoms with E-state index in [1.165, 1.54) is 23.2 Å². The van der Waals surface area contributed by atoms with Crippen LogP contribution in [0.2, 0.25) is 0 Å². The molecule has 32 heavy (non-hydrogen) atoms. The van der Waals surface area contributed by atoms with Crippen LogP contribution in [-0.2, 0) is 6.54 Å². The lowest BCUT2D eigenvalue weighted by Crippen LogP contribution is -2.19. The molecule has 0 bridgehead atoms. The molecule has 0 atom stereocenters. The number of hydrogen-bond acceptors (Lipinski definition) is 6. The summed E-state index contributed by atoms with van der Waals surface area (Å²) in [5.41, 5.74) is 2.75. The van der Waals surface area contributed by atoms with Crippen molar-refractivity contribution < 1.29 is 14.8 Å². The first-order chi connectivity index (χ1) is 15.4. The lowest BCUT2D eigenvalue weighted by Gasteiger charge is -2.04. The number of rotatable bonds is 6. The number of nitrogens with one attached hydrogen (secondary N) is 1. The maximum atomic E-state index is 12.5. The molecule has 2 N–H and O–H groups in total. The second-order valence-electron chi connectivity index (χ2n) is 6.86. The van der Waals surface area contributed by atoms with Crippen molar-refractivity contribution in [3.63, 3.8) is 0 Å². The minimum Gasteiger partial charge on any atom is -0.507 e. The number of nitrogens with zero attached hydrogens (tertiary/aromatic N) is 4. The van der Waals surface area contributed by atoms with Crippen LogP contribution in [0.3, 0.4) is 0 Å². The number of phenolic OH excluding ortho intramolecular Hbond substituents is 1. The Morgan fingerprint density at radius 2 is 1.94 bits per heavy atom. The van der Waals surface area contributed by atoms with Gasteiger partial charge in [-0.05, 0) is 34.5 Å². The van der Waals surface area contributed by atoms with Gasteiger partial charge in [0.25, 0.3) is 5.91 Å². The summed E-state index contributed by atoms with van der Waals surface area (Å²) < 4.78 is 2.24. The Labute approximate surface area is 190 Å². The second-order valence-corrected chi connectivity index (χ2v) is 7.78. The van der Waals surface area contributed by atoms with E-state index in [9.17, 15) is 20.0 Å². The van der Waals surface area contributed by atoms with Gasteiger partial charge in [-0.1, -0.05) is 58.4 Å². The Morgan fingerprint density at radius 3 is 2.69 bits per heavy atom. The zero-order valence-corrected chi connectivity index (χ0v) is 18.1. The van der Waals surface area contributed by atoms with Crippen molar-refractivity contribution in [2.75, 3.05) is 0 Å². The number of aromatic hydroxyl groups is 1. The zero-order chi connectivity index (χ0) is 22.7. The zero-order valence-electron chi connectivity index (χ0n) is 16.5. The van der Waals surface area contributed by atoms with Crippen LogP contribution in [0.15, 0.2) is 76.4 Å². The first-order valence-corrected chi connectivity index (χ1v) is 10.2. The monoisotopic (exact) mass is 493 g/mol. The van der Waals surface area contributed by atoms with Gasteiger partial charge in [-0.2, -0.15) is 10.2 Å². The van der Waals surface area contributed by atoms with E-state index in [1.54, 1.807) is 6.07 Å². The highest BCUT2D eigenvalue weighted by Crippen LogP contribution is 2.25. The minimum atomic E-state index is -0.831. The van der Waals surface area contributed by atoms with E-state index in [0.717, 1.165) is 20.8 Å². The van der Waals surface area contributed by atoms with Crippen LogP contribution in [0.1, 0.15) is 21.6 Å². The standard InChI is InChI=1S/C22H16BrN5O4/c23-16-8-5-14(6-9-16)12-27-13-19(28(31)32)21(26-27)22(30)25-24-11-18-17-4-2-1-3-15(17)7-10-20(18)29/h1-11,13,29H,12H2,(H,25,30)/b24-11-. The molecule has 4 aromatic rings. The highest BCUT2D eigenvalue weighted by molar-refractivity contribution is 9.10. The fraction of sp³-hybridized carbons (Fsp3) is 0.0455. The third-order valence-electron chi connectivity index (χ3n) is 4.72. The molecule has 1 aromatic heterocycles. The minimum absolute atomic E-state index is 0.00791. The van der Waals surface area contributed by atoms with Crippen molar-refractivity contribution in [1.82, 2.24) is 15.2 Å². The summed E-state index contributed by atoms with van der Waals surface area (Å²) in [6.45, 7) is 0.258. The predicted octanol–water partition coefficient (Wildman–Crippen LogP) is 4.22. The summed E-state index contributed by atoms with van der Waals surface area (Å²) in [6.07, 6.45) is 2.50. The Kier molecular flexibility index (Phi) is 5.95. The molecular weight excluding hydrogens is 478 g/mol. The normalized spacial score (nSPS) is 11.2. The number of carbonyl (C=O) groups is 1. The molecule has 3 aromatic carbocycles. The van der Waals surface area contributed by atoms with Crippen molar-refractivity contribution in [1.29, 1.82) is 0 Å². The quantitative estimate of drug-likeness (QED) is 0.236. The first-order valence-electron chi connectivity index (χ1n) is 9.43. The summed E-state index contributed by atoms with van der Waals surface area (Å²) in [5.74, 6) is -0.839. The van der Waals surface area contributed by atoms with Crippen LogP contribution in [0.25, 0.3) is 10.8 Å². The average Bonchev–Trinajstić information content (AvgIpc) is 3.21. The molecule has 0 saturated carbocycles. The molecule has 160 valence electrons. The molecule has 0 saturated heterocycles. The number of nitro groups is 1. The van der Waals surface area contributed by atoms with E-state index < -0.39 is 16.5 Å². The van der Waals surface area contributed by atoms with Crippen LogP contribution in [-0.4, -0.2) is 31.9 Å². The van der Waals surface area contributed by atoms with Gasteiger partial charge in [0, 0.05) is 10.0 Å². The Bertz CT molecular complexity index is 1350. The molecule has 0 fully saturated rings. The molecule has 1 amide bonds. The van der Waals surface area contributed by atoms with Crippen molar-refractivity contribution in [3.8, 4) is 5.75 Å². The van der Waals surface area contributed by atoms with Crippen LogP contribution in [0, 0.1) is 10.1 Å². The number of carbonyl (C=O) groups excluding carboxylic acids is 1. The Hall–Kier alpha value is -4.05. The maximum Gasteiger partial charge on any atom is 0.320 e. The first kappa shape index (κ1) is 21.2. The van der Waals surface area contributed by atoms with E-state index in [0.29, 0.717) is 5.56 Å². The lowest BCUT2D eigenvalue weighted by molar-refractivity contribution is -0.385. The molecule has 4 rings (SSSR count). The van der Waals surface area contributed by atoms with E-state index in [2.05, 4.69) is 31.6 Å². The number of amides is 1.